The molecule has 1 spiro atoms. The van der Waals surface area contributed by atoms with Crippen LogP contribution in [0.1, 0.15) is 38.5 Å². The van der Waals surface area contributed by atoms with E-state index in [1.807, 2.05) is 30.3 Å². The molecule has 17 heavy (non-hydrogen) atoms. The lowest BCUT2D eigenvalue weighted by molar-refractivity contribution is -0.156. The Morgan fingerprint density at radius 2 is 1.76 bits per heavy atom. The zero-order valence-electron chi connectivity index (χ0n) is 10.0. The van der Waals surface area contributed by atoms with Gasteiger partial charge in [0.25, 0.3) is 0 Å². The Labute approximate surface area is 102 Å². The van der Waals surface area contributed by atoms with Gasteiger partial charge in [-0.05, 0) is 25.0 Å². The van der Waals surface area contributed by atoms with Crippen molar-refractivity contribution in [3.63, 3.8) is 0 Å². The number of Topliss-reactive ketones (excluding diaryl/α,β-unsaturated/α-hetero) is 1. The minimum Gasteiger partial charge on any atom is -0.489 e. The van der Waals surface area contributed by atoms with Crippen molar-refractivity contribution in [3.8, 4) is 5.75 Å². The number of benzene rings is 1. The minimum absolute atomic E-state index is 0.123. The molecule has 0 bridgehead atoms. The number of ketones is 1. The molecular weight excluding hydrogens is 212 g/mol. The first kappa shape index (κ1) is 10.8. The van der Waals surface area contributed by atoms with E-state index in [-0.39, 0.29) is 11.5 Å². The lowest BCUT2D eigenvalue weighted by atomic mass is 9.57. The van der Waals surface area contributed by atoms with Gasteiger partial charge in [0.15, 0.2) is 0 Å². The van der Waals surface area contributed by atoms with E-state index in [2.05, 4.69) is 0 Å². The molecule has 2 saturated carbocycles. The standard InChI is InChI=1S/C15H18O2/c16-13-11-14(15(13)9-5-2-6-10-15)17-12-7-3-1-4-8-12/h1,3-4,7-8,14H,2,5-6,9-11H2. The van der Waals surface area contributed by atoms with E-state index >= 15 is 0 Å². The predicted octanol–water partition coefficient (Wildman–Crippen LogP) is 3.36. The van der Waals surface area contributed by atoms with E-state index in [4.69, 9.17) is 4.74 Å². The number of carbonyl (C=O) groups is 1. The molecule has 0 radical (unpaired) electrons. The van der Waals surface area contributed by atoms with E-state index < -0.39 is 0 Å². The van der Waals surface area contributed by atoms with Crippen LogP contribution in [0, 0.1) is 5.41 Å². The maximum absolute atomic E-state index is 11.9. The van der Waals surface area contributed by atoms with Crippen LogP contribution in [0.25, 0.3) is 0 Å². The van der Waals surface area contributed by atoms with Crippen molar-refractivity contribution in [2.75, 3.05) is 0 Å². The van der Waals surface area contributed by atoms with Crippen LogP contribution in [0.15, 0.2) is 30.3 Å². The van der Waals surface area contributed by atoms with Crippen LogP contribution in [-0.4, -0.2) is 11.9 Å². The largest absolute Gasteiger partial charge is 0.489 e. The number of para-hydroxylation sites is 1. The van der Waals surface area contributed by atoms with Gasteiger partial charge in [0, 0.05) is 6.42 Å². The molecule has 2 heteroatoms. The number of rotatable bonds is 2. The van der Waals surface area contributed by atoms with Gasteiger partial charge in [-0.1, -0.05) is 37.5 Å². The van der Waals surface area contributed by atoms with Gasteiger partial charge in [0.05, 0.1) is 5.41 Å². The Kier molecular flexibility index (Phi) is 2.65. The van der Waals surface area contributed by atoms with Gasteiger partial charge >= 0.3 is 0 Å². The number of hydrogen-bond donors (Lipinski definition) is 0. The average molecular weight is 230 g/mol. The third-order valence-electron chi connectivity index (χ3n) is 4.31. The van der Waals surface area contributed by atoms with Crippen LogP contribution in [-0.2, 0) is 4.79 Å². The molecule has 2 aliphatic rings. The molecular formula is C15H18O2. The Bertz CT molecular complexity index is 404. The molecule has 0 aromatic heterocycles. The predicted molar refractivity (Wildman–Crippen MR) is 66.0 cm³/mol. The lowest BCUT2D eigenvalue weighted by Crippen LogP contribution is -2.57. The van der Waals surface area contributed by atoms with Gasteiger partial charge in [-0.3, -0.25) is 4.79 Å². The van der Waals surface area contributed by atoms with E-state index in [0.717, 1.165) is 18.6 Å². The molecule has 0 amide bonds. The fourth-order valence-electron chi connectivity index (χ4n) is 3.22. The van der Waals surface area contributed by atoms with Crippen LogP contribution in [0.4, 0.5) is 0 Å². The summed E-state index contributed by atoms with van der Waals surface area (Å²) in [5.74, 6) is 1.33. The highest BCUT2D eigenvalue weighted by atomic mass is 16.5. The van der Waals surface area contributed by atoms with Crippen LogP contribution in [0.5, 0.6) is 5.75 Å². The summed E-state index contributed by atoms with van der Waals surface area (Å²) in [6.07, 6.45) is 6.42. The van der Waals surface area contributed by atoms with E-state index in [0.29, 0.717) is 12.2 Å². The van der Waals surface area contributed by atoms with Crippen molar-refractivity contribution in [3.05, 3.63) is 30.3 Å². The summed E-state index contributed by atoms with van der Waals surface area (Å²) in [6.45, 7) is 0. The monoisotopic (exact) mass is 230 g/mol. The topological polar surface area (TPSA) is 26.3 Å². The highest BCUT2D eigenvalue weighted by Crippen LogP contribution is 2.50. The van der Waals surface area contributed by atoms with Gasteiger partial charge < -0.3 is 4.74 Å². The van der Waals surface area contributed by atoms with Gasteiger partial charge in [-0.15, -0.1) is 0 Å². The Morgan fingerprint density at radius 1 is 1.06 bits per heavy atom. The first-order valence-electron chi connectivity index (χ1n) is 6.56. The molecule has 0 heterocycles. The highest BCUT2D eigenvalue weighted by Gasteiger charge is 2.56. The summed E-state index contributed by atoms with van der Waals surface area (Å²) in [4.78, 5) is 11.9. The first-order valence-corrected chi connectivity index (χ1v) is 6.56. The van der Waals surface area contributed by atoms with Crippen molar-refractivity contribution in [1.29, 1.82) is 0 Å². The molecule has 1 aromatic carbocycles. The van der Waals surface area contributed by atoms with E-state index in [9.17, 15) is 4.79 Å². The molecule has 2 nitrogen and oxygen atoms in total. The summed E-state index contributed by atoms with van der Waals surface area (Å²) in [6, 6.07) is 9.88. The molecule has 2 aliphatic carbocycles. The molecule has 0 saturated heterocycles. The molecule has 3 rings (SSSR count). The highest BCUT2D eigenvalue weighted by molar-refractivity contribution is 5.92. The molecule has 1 aromatic rings. The van der Waals surface area contributed by atoms with E-state index in [1.54, 1.807) is 0 Å². The maximum atomic E-state index is 11.9. The van der Waals surface area contributed by atoms with Gasteiger partial charge in [0.1, 0.15) is 17.6 Å². The van der Waals surface area contributed by atoms with Crippen LogP contribution in [0.3, 0.4) is 0 Å². The van der Waals surface area contributed by atoms with E-state index in [1.165, 1.54) is 19.3 Å². The Balaban J connectivity index is 1.74. The summed E-state index contributed by atoms with van der Waals surface area (Å²) < 4.78 is 5.99. The SMILES string of the molecule is O=C1CC(Oc2ccccc2)C12CCCCC2. The average Bonchev–Trinajstić information content (AvgIpc) is 2.41. The lowest BCUT2D eigenvalue weighted by Gasteiger charge is -2.49. The summed E-state index contributed by atoms with van der Waals surface area (Å²) >= 11 is 0. The molecule has 1 atom stereocenters. The first-order chi connectivity index (χ1) is 8.31. The number of carbonyl (C=O) groups excluding carboxylic acids is 1. The molecule has 0 aliphatic heterocycles. The normalized spacial score (nSPS) is 26.6. The van der Waals surface area contributed by atoms with Crippen molar-refractivity contribution >= 4 is 5.78 Å². The fourth-order valence-corrected chi connectivity index (χ4v) is 3.22. The Hall–Kier alpha value is -1.31. The van der Waals surface area contributed by atoms with Crippen LogP contribution in [0.2, 0.25) is 0 Å². The fraction of sp³-hybridized carbons (Fsp3) is 0.533. The van der Waals surface area contributed by atoms with Crippen LogP contribution < -0.4 is 4.74 Å². The van der Waals surface area contributed by atoms with Crippen molar-refractivity contribution in [2.45, 2.75) is 44.6 Å². The van der Waals surface area contributed by atoms with Crippen molar-refractivity contribution < 1.29 is 9.53 Å². The van der Waals surface area contributed by atoms with Crippen LogP contribution >= 0.6 is 0 Å². The molecule has 1 unspecified atom stereocenters. The number of hydrogen-bond acceptors (Lipinski definition) is 2. The zero-order chi connectivity index (χ0) is 11.7. The summed E-state index contributed by atoms with van der Waals surface area (Å²) in [7, 11) is 0. The second kappa shape index (κ2) is 4.17. The quantitative estimate of drug-likeness (QED) is 0.778. The zero-order valence-corrected chi connectivity index (χ0v) is 10.0. The van der Waals surface area contributed by atoms with Crippen molar-refractivity contribution in [2.24, 2.45) is 5.41 Å². The minimum atomic E-state index is -0.131. The summed E-state index contributed by atoms with van der Waals surface area (Å²) in [5.41, 5.74) is -0.131. The van der Waals surface area contributed by atoms with Gasteiger partial charge in [-0.2, -0.15) is 0 Å². The molecule has 2 fully saturated rings. The Morgan fingerprint density at radius 3 is 2.41 bits per heavy atom. The second-order valence-corrected chi connectivity index (χ2v) is 5.26. The smallest absolute Gasteiger partial charge is 0.146 e. The maximum Gasteiger partial charge on any atom is 0.146 e. The van der Waals surface area contributed by atoms with Crippen molar-refractivity contribution in [1.82, 2.24) is 0 Å². The van der Waals surface area contributed by atoms with Gasteiger partial charge in [0.2, 0.25) is 0 Å². The third-order valence-corrected chi connectivity index (χ3v) is 4.31. The third kappa shape index (κ3) is 1.76. The molecule has 90 valence electrons. The number of ether oxygens (including phenoxy) is 1. The van der Waals surface area contributed by atoms with Gasteiger partial charge in [-0.25, -0.2) is 0 Å². The molecule has 0 N–H and O–H groups in total. The second-order valence-electron chi connectivity index (χ2n) is 5.26. The summed E-state index contributed by atoms with van der Waals surface area (Å²) in [5, 5.41) is 0.